The van der Waals surface area contributed by atoms with Crippen LogP contribution in [0.1, 0.15) is 11.3 Å². The molecule has 144 valence electrons. The number of thiazole rings is 1. The van der Waals surface area contributed by atoms with Gasteiger partial charge in [0.25, 0.3) is 0 Å². The highest BCUT2D eigenvalue weighted by atomic mass is 32.1. The third-order valence-corrected chi connectivity index (χ3v) is 5.47. The van der Waals surface area contributed by atoms with E-state index >= 15 is 0 Å². The van der Waals surface area contributed by atoms with E-state index in [2.05, 4.69) is 56.4 Å². The number of hydrogen-bond acceptors (Lipinski definition) is 7. The monoisotopic (exact) mass is 394 g/mol. The van der Waals surface area contributed by atoms with Crippen LogP contribution in [0.5, 0.6) is 0 Å². The summed E-state index contributed by atoms with van der Waals surface area (Å²) >= 11 is 1.45. The van der Waals surface area contributed by atoms with Crippen LogP contribution in [0.25, 0.3) is 0 Å². The van der Waals surface area contributed by atoms with E-state index in [1.807, 2.05) is 10.3 Å². The Labute approximate surface area is 168 Å². The number of benzene rings is 1. The molecule has 7 nitrogen and oxygen atoms in total. The lowest BCUT2D eigenvalue weighted by Crippen LogP contribution is -2.49. The van der Waals surface area contributed by atoms with Crippen molar-refractivity contribution in [3.63, 3.8) is 0 Å². The number of carbonyl (C=O) groups excluding carboxylic acids is 1. The third-order valence-electron chi connectivity index (χ3n) is 4.67. The molecule has 0 radical (unpaired) electrons. The maximum Gasteiger partial charge on any atom is 0.228 e. The van der Waals surface area contributed by atoms with Gasteiger partial charge in [0.05, 0.1) is 12.1 Å². The van der Waals surface area contributed by atoms with Gasteiger partial charge in [-0.2, -0.15) is 0 Å². The second-order valence-electron chi connectivity index (χ2n) is 6.73. The fourth-order valence-electron chi connectivity index (χ4n) is 3.21. The van der Waals surface area contributed by atoms with Crippen molar-refractivity contribution in [3.8, 4) is 0 Å². The molecule has 28 heavy (non-hydrogen) atoms. The van der Waals surface area contributed by atoms with Gasteiger partial charge in [-0.25, -0.2) is 15.0 Å². The molecule has 1 aliphatic rings. The molecule has 1 aromatic carbocycles. The topological polar surface area (TPSA) is 74.2 Å². The summed E-state index contributed by atoms with van der Waals surface area (Å²) in [5, 5.41) is 5.66. The SMILES string of the molecule is Cc1cccc(N2CCN(C(=O)Cc3csc(Nc4ncccn4)n3)CC2)c1. The number of carbonyl (C=O) groups is 1. The Morgan fingerprint density at radius 1 is 1.14 bits per heavy atom. The Morgan fingerprint density at radius 3 is 2.68 bits per heavy atom. The van der Waals surface area contributed by atoms with Crippen LogP contribution in [0.3, 0.4) is 0 Å². The molecule has 4 rings (SSSR count). The average molecular weight is 395 g/mol. The van der Waals surface area contributed by atoms with Crippen LogP contribution < -0.4 is 10.2 Å². The molecular weight excluding hydrogens is 372 g/mol. The summed E-state index contributed by atoms with van der Waals surface area (Å²) in [6.07, 6.45) is 3.66. The molecule has 1 aliphatic heterocycles. The van der Waals surface area contributed by atoms with Crippen LogP contribution in [0.4, 0.5) is 16.8 Å². The van der Waals surface area contributed by atoms with Gasteiger partial charge in [0, 0.05) is 49.6 Å². The maximum atomic E-state index is 12.7. The van der Waals surface area contributed by atoms with Crippen molar-refractivity contribution in [2.24, 2.45) is 0 Å². The van der Waals surface area contributed by atoms with Crippen LogP contribution in [0.15, 0.2) is 48.1 Å². The van der Waals surface area contributed by atoms with Gasteiger partial charge in [0.15, 0.2) is 5.13 Å². The second kappa shape index (κ2) is 8.35. The fraction of sp³-hybridized carbons (Fsp3) is 0.300. The first-order valence-corrected chi connectivity index (χ1v) is 10.1. The molecule has 2 aromatic heterocycles. The highest BCUT2D eigenvalue weighted by Crippen LogP contribution is 2.20. The second-order valence-corrected chi connectivity index (χ2v) is 7.58. The molecule has 3 aromatic rings. The summed E-state index contributed by atoms with van der Waals surface area (Å²) in [7, 11) is 0. The molecule has 0 aliphatic carbocycles. The van der Waals surface area contributed by atoms with Gasteiger partial charge < -0.3 is 15.1 Å². The highest BCUT2D eigenvalue weighted by molar-refractivity contribution is 7.13. The zero-order valence-corrected chi connectivity index (χ0v) is 16.5. The van der Waals surface area contributed by atoms with E-state index in [-0.39, 0.29) is 5.91 Å². The first kappa shape index (κ1) is 18.4. The summed E-state index contributed by atoms with van der Waals surface area (Å²) in [6.45, 7) is 5.28. The van der Waals surface area contributed by atoms with Crippen molar-refractivity contribution in [2.45, 2.75) is 13.3 Å². The number of piperazine rings is 1. The number of nitrogens with zero attached hydrogens (tertiary/aromatic N) is 5. The quantitative estimate of drug-likeness (QED) is 0.717. The summed E-state index contributed by atoms with van der Waals surface area (Å²) in [5.41, 5.74) is 3.25. The van der Waals surface area contributed by atoms with Crippen molar-refractivity contribution < 1.29 is 4.79 Å². The smallest absolute Gasteiger partial charge is 0.228 e. The van der Waals surface area contributed by atoms with Crippen molar-refractivity contribution in [1.82, 2.24) is 19.9 Å². The molecule has 0 spiro atoms. The zero-order chi connectivity index (χ0) is 19.3. The van der Waals surface area contributed by atoms with Gasteiger partial charge >= 0.3 is 0 Å². The largest absolute Gasteiger partial charge is 0.368 e. The number of aryl methyl sites for hydroxylation is 1. The summed E-state index contributed by atoms with van der Waals surface area (Å²) in [4.78, 5) is 29.6. The summed E-state index contributed by atoms with van der Waals surface area (Å²) in [6, 6.07) is 10.3. The van der Waals surface area contributed by atoms with Gasteiger partial charge in [0.2, 0.25) is 11.9 Å². The normalized spacial score (nSPS) is 14.2. The minimum atomic E-state index is 0.122. The number of aromatic nitrogens is 3. The summed E-state index contributed by atoms with van der Waals surface area (Å²) in [5.74, 6) is 0.624. The average Bonchev–Trinajstić information content (AvgIpc) is 3.15. The van der Waals surface area contributed by atoms with E-state index < -0.39 is 0 Å². The molecule has 8 heteroatoms. The fourth-order valence-corrected chi connectivity index (χ4v) is 3.91. The van der Waals surface area contributed by atoms with E-state index in [0.717, 1.165) is 31.9 Å². The zero-order valence-electron chi connectivity index (χ0n) is 15.7. The Hall–Kier alpha value is -3.00. The lowest BCUT2D eigenvalue weighted by atomic mass is 10.2. The first-order valence-electron chi connectivity index (χ1n) is 9.25. The number of amides is 1. The molecule has 1 N–H and O–H groups in total. The van der Waals surface area contributed by atoms with E-state index in [1.54, 1.807) is 18.5 Å². The van der Waals surface area contributed by atoms with Crippen molar-refractivity contribution >= 4 is 34.0 Å². The van der Waals surface area contributed by atoms with Gasteiger partial charge in [-0.1, -0.05) is 12.1 Å². The molecular formula is C20H22N6OS. The third kappa shape index (κ3) is 4.45. The molecule has 3 heterocycles. The first-order chi connectivity index (χ1) is 13.7. The highest BCUT2D eigenvalue weighted by Gasteiger charge is 2.22. The predicted molar refractivity (Wildman–Crippen MR) is 111 cm³/mol. The lowest BCUT2D eigenvalue weighted by Gasteiger charge is -2.36. The van der Waals surface area contributed by atoms with Gasteiger partial charge in [-0.05, 0) is 30.7 Å². The predicted octanol–water partition coefficient (Wildman–Crippen LogP) is 2.88. The summed E-state index contributed by atoms with van der Waals surface area (Å²) < 4.78 is 0. The molecule has 0 atom stereocenters. The molecule has 0 saturated carbocycles. The molecule has 0 bridgehead atoms. The van der Waals surface area contributed by atoms with Gasteiger partial charge in [0.1, 0.15) is 0 Å². The minimum Gasteiger partial charge on any atom is -0.368 e. The van der Waals surface area contributed by atoms with Crippen LogP contribution in [-0.4, -0.2) is 51.9 Å². The Morgan fingerprint density at radius 2 is 1.93 bits per heavy atom. The van der Waals surface area contributed by atoms with E-state index in [1.165, 1.54) is 22.6 Å². The van der Waals surface area contributed by atoms with Crippen LogP contribution in [0, 0.1) is 6.92 Å². The minimum absolute atomic E-state index is 0.122. The molecule has 1 fully saturated rings. The molecule has 0 unspecified atom stereocenters. The molecule has 1 amide bonds. The van der Waals surface area contributed by atoms with Crippen LogP contribution in [-0.2, 0) is 11.2 Å². The molecule has 1 saturated heterocycles. The van der Waals surface area contributed by atoms with Crippen molar-refractivity contribution in [2.75, 3.05) is 36.4 Å². The number of nitrogens with one attached hydrogen (secondary N) is 1. The van der Waals surface area contributed by atoms with Gasteiger partial charge in [-0.15, -0.1) is 11.3 Å². The van der Waals surface area contributed by atoms with Crippen molar-refractivity contribution in [1.29, 1.82) is 0 Å². The van der Waals surface area contributed by atoms with Crippen molar-refractivity contribution in [3.05, 3.63) is 59.4 Å². The maximum absolute atomic E-state index is 12.7. The van der Waals surface area contributed by atoms with E-state index in [9.17, 15) is 4.79 Å². The van der Waals surface area contributed by atoms with E-state index in [4.69, 9.17) is 0 Å². The van der Waals surface area contributed by atoms with E-state index in [0.29, 0.717) is 17.5 Å². The van der Waals surface area contributed by atoms with Gasteiger partial charge in [-0.3, -0.25) is 4.79 Å². The number of hydrogen-bond donors (Lipinski definition) is 1. The Bertz CT molecular complexity index is 937. The Balaban J connectivity index is 1.30. The number of anilines is 3. The van der Waals surface area contributed by atoms with Crippen LogP contribution in [0.2, 0.25) is 0 Å². The Kier molecular flexibility index (Phi) is 5.48. The lowest BCUT2D eigenvalue weighted by molar-refractivity contribution is -0.130. The standard InChI is InChI=1S/C20H22N6OS/c1-15-4-2-5-17(12-15)25-8-10-26(11-9-25)18(27)13-16-14-28-20(23-16)24-19-21-6-3-7-22-19/h2-7,12,14H,8-11,13H2,1H3,(H,21,22,23,24). The number of rotatable bonds is 5. The van der Waals surface area contributed by atoms with Crippen LogP contribution >= 0.6 is 11.3 Å².